The van der Waals surface area contributed by atoms with Crippen LogP contribution in [-0.4, -0.2) is 57.0 Å². The second-order valence-electron chi connectivity index (χ2n) is 5.54. The minimum atomic E-state index is 0.299. The first-order valence-electron chi connectivity index (χ1n) is 7.48. The summed E-state index contributed by atoms with van der Waals surface area (Å²) in [4.78, 5) is 2.40. The monoisotopic (exact) mass is 293 g/mol. The van der Waals surface area contributed by atoms with Gasteiger partial charge in [-0.15, -0.1) is 0 Å². The van der Waals surface area contributed by atoms with E-state index in [0.717, 1.165) is 50.0 Å². The molecule has 116 valence electrons. The summed E-state index contributed by atoms with van der Waals surface area (Å²) in [6.07, 6.45) is 0. The van der Waals surface area contributed by atoms with Gasteiger partial charge in [-0.1, -0.05) is 0 Å². The fourth-order valence-electron chi connectivity index (χ4n) is 2.71. The van der Waals surface area contributed by atoms with Crippen molar-refractivity contribution in [2.24, 2.45) is 0 Å². The van der Waals surface area contributed by atoms with Crippen molar-refractivity contribution in [3.8, 4) is 11.5 Å². The van der Waals surface area contributed by atoms with Crippen LogP contribution in [0.3, 0.4) is 0 Å². The zero-order valence-corrected chi connectivity index (χ0v) is 12.4. The predicted octanol–water partition coefficient (Wildman–Crippen LogP) is 1.17. The van der Waals surface area contributed by atoms with Gasteiger partial charge in [-0.3, -0.25) is 4.90 Å². The van der Waals surface area contributed by atoms with Gasteiger partial charge in [0.2, 0.25) is 0 Å². The van der Waals surface area contributed by atoms with Gasteiger partial charge in [0.05, 0.1) is 24.6 Å². The maximum absolute atomic E-state index is 6.09. The Kier molecular flexibility index (Phi) is 4.36. The molecule has 2 aliphatic heterocycles. The largest absolute Gasteiger partial charge is 0.486 e. The third kappa shape index (κ3) is 3.51. The summed E-state index contributed by atoms with van der Waals surface area (Å²) in [5, 5.41) is 3.46. The zero-order chi connectivity index (χ0) is 14.7. The number of nitrogens with one attached hydrogen (secondary N) is 1. The highest BCUT2D eigenvalue weighted by Crippen LogP contribution is 2.37. The van der Waals surface area contributed by atoms with Crippen LogP contribution in [0.1, 0.15) is 6.92 Å². The standard InChI is InChI=1S/C15H23N3O3/c1-11(10-18-2-4-19-5-3-18)17-13-9-15-14(8-12(13)16)20-6-7-21-15/h8-9,11,17H,2-7,10,16H2,1H3. The first kappa shape index (κ1) is 14.3. The SMILES string of the molecule is CC(CN1CCOCC1)Nc1cc2c(cc1N)OCCO2. The van der Waals surface area contributed by atoms with Gasteiger partial charge in [-0.05, 0) is 6.92 Å². The van der Waals surface area contributed by atoms with Gasteiger partial charge < -0.3 is 25.3 Å². The lowest BCUT2D eigenvalue weighted by Crippen LogP contribution is -2.42. The molecule has 3 rings (SSSR count). The van der Waals surface area contributed by atoms with E-state index in [1.807, 2.05) is 12.1 Å². The third-order valence-electron chi connectivity index (χ3n) is 3.75. The number of nitrogens with two attached hydrogens (primary N) is 1. The second-order valence-corrected chi connectivity index (χ2v) is 5.54. The number of nitrogens with zero attached hydrogens (tertiary/aromatic N) is 1. The lowest BCUT2D eigenvalue weighted by Gasteiger charge is -2.30. The number of hydrogen-bond acceptors (Lipinski definition) is 6. The van der Waals surface area contributed by atoms with E-state index in [2.05, 4.69) is 17.1 Å². The van der Waals surface area contributed by atoms with Crippen LogP contribution in [0.2, 0.25) is 0 Å². The Hall–Kier alpha value is -1.66. The maximum Gasteiger partial charge on any atom is 0.163 e. The topological polar surface area (TPSA) is 69.0 Å². The summed E-state index contributed by atoms with van der Waals surface area (Å²) in [6.45, 7) is 7.90. The Balaban J connectivity index is 1.63. The normalized spacial score (nSPS) is 20.0. The van der Waals surface area contributed by atoms with Crippen LogP contribution in [0.25, 0.3) is 0 Å². The molecule has 1 fully saturated rings. The first-order valence-corrected chi connectivity index (χ1v) is 7.48. The van der Waals surface area contributed by atoms with E-state index < -0.39 is 0 Å². The Bertz CT molecular complexity index is 489. The quantitative estimate of drug-likeness (QED) is 0.812. The molecule has 6 nitrogen and oxygen atoms in total. The van der Waals surface area contributed by atoms with E-state index in [1.54, 1.807) is 0 Å². The van der Waals surface area contributed by atoms with E-state index in [-0.39, 0.29) is 0 Å². The van der Waals surface area contributed by atoms with Crippen molar-refractivity contribution >= 4 is 11.4 Å². The van der Waals surface area contributed by atoms with Crippen LogP contribution in [0.15, 0.2) is 12.1 Å². The molecule has 0 amide bonds. The van der Waals surface area contributed by atoms with E-state index in [0.29, 0.717) is 24.9 Å². The Morgan fingerprint density at radius 1 is 1.14 bits per heavy atom. The third-order valence-corrected chi connectivity index (χ3v) is 3.75. The molecule has 0 aromatic heterocycles. The molecule has 2 aliphatic rings. The molecule has 6 heteroatoms. The number of rotatable bonds is 4. The minimum absolute atomic E-state index is 0.299. The van der Waals surface area contributed by atoms with Gasteiger partial charge >= 0.3 is 0 Å². The summed E-state index contributed by atoms with van der Waals surface area (Å²) >= 11 is 0. The van der Waals surface area contributed by atoms with Crippen LogP contribution in [0.5, 0.6) is 11.5 Å². The van der Waals surface area contributed by atoms with Gasteiger partial charge in [0.15, 0.2) is 11.5 Å². The molecular weight excluding hydrogens is 270 g/mol. The van der Waals surface area contributed by atoms with Gasteiger partial charge in [-0.2, -0.15) is 0 Å². The number of anilines is 2. The molecule has 1 aromatic carbocycles. The molecule has 0 spiro atoms. The highest BCUT2D eigenvalue weighted by atomic mass is 16.6. The zero-order valence-electron chi connectivity index (χ0n) is 12.4. The average molecular weight is 293 g/mol. The van der Waals surface area contributed by atoms with Crippen molar-refractivity contribution in [3.05, 3.63) is 12.1 Å². The van der Waals surface area contributed by atoms with Gasteiger partial charge in [0.25, 0.3) is 0 Å². The van der Waals surface area contributed by atoms with Crippen molar-refractivity contribution < 1.29 is 14.2 Å². The molecule has 1 aromatic rings. The van der Waals surface area contributed by atoms with Crippen LogP contribution < -0.4 is 20.5 Å². The number of fused-ring (bicyclic) bond motifs is 1. The average Bonchev–Trinajstić information content (AvgIpc) is 2.49. The lowest BCUT2D eigenvalue weighted by molar-refractivity contribution is 0.0368. The summed E-state index contributed by atoms with van der Waals surface area (Å²) in [7, 11) is 0. The maximum atomic E-state index is 6.09. The predicted molar refractivity (Wildman–Crippen MR) is 82.2 cm³/mol. The van der Waals surface area contributed by atoms with E-state index in [9.17, 15) is 0 Å². The number of benzene rings is 1. The molecule has 3 N–H and O–H groups in total. The van der Waals surface area contributed by atoms with Crippen molar-refractivity contribution in [1.29, 1.82) is 0 Å². The smallest absolute Gasteiger partial charge is 0.163 e. The Labute approximate surface area is 125 Å². The van der Waals surface area contributed by atoms with Crippen molar-refractivity contribution in [2.75, 3.05) is 57.1 Å². The van der Waals surface area contributed by atoms with Crippen LogP contribution >= 0.6 is 0 Å². The number of morpholine rings is 1. The minimum Gasteiger partial charge on any atom is -0.486 e. The van der Waals surface area contributed by atoms with Crippen LogP contribution in [0.4, 0.5) is 11.4 Å². The summed E-state index contributed by atoms with van der Waals surface area (Å²) in [6, 6.07) is 4.06. The number of ether oxygens (including phenoxy) is 3. The molecule has 0 radical (unpaired) electrons. The van der Waals surface area contributed by atoms with Gasteiger partial charge in [0, 0.05) is 37.8 Å². The fourth-order valence-corrected chi connectivity index (χ4v) is 2.71. The van der Waals surface area contributed by atoms with E-state index >= 15 is 0 Å². The van der Waals surface area contributed by atoms with Crippen molar-refractivity contribution in [3.63, 3.8) is 0 Å². The molecule has 2 heterocycles. The molecule has 0 bridgehead atoms. The van der Waals surface area contributed by atoms with E-state index in [4.69, 9.17) is 19.9 Å². The first-order chi connectivity index (χ1) is 10.2. The van der Waals surface area contributed by atoms with Crippen LogP contribution in [0, 0.1) is 0 Å². The Morgan fingerprint density at radius 3 is 2.52 bits per heavy atom. The number of nitrogen functional groups attached to an aromatic ring is 1. The second kappa shape index (κ2) is 6.41. The fraction of sp³-hybridized carbons (Fsp3) is 0.600. The Morgan fingerprint density at radius 2 is 1.81 bits per heavy atom. The molecule has 0 saturated carbocycles. The summed E-state index contributed by atoms with van der Waals surface area (Å²) in [5.41, 5.74) is 7.69. The molecule has 0 aliphatic carbocycles. The van der Waals surface area contributed by atoms with Crippen LogP contribution in [-0.2, 0) is 4.74 Å². The molecule has 1 unspecified atom stereocenters. The van der Waals surface area contributed by atoms with Crippen molar-refractivity contribution in [2.45, 2.75) is 13.0 Å². The van der Waals surface area contributed by atoms with Gasteiger partial charge in [-0.25, -0.2) is 0 Å². The van der Waals surface area contributed by atoms with Gasteiger partial charge in [0.1, 0.15) is 13.2 Å². The highest BCUT2D eigenvalue weighted by molar-refractivity contribution is 5.72. The molecule has 1 atom stereocenters. The van der Waals surface area contributed by atoms with Crippen molar-refractivity contribution in [1.82, 2.24) is 4.90 Å². The number of hydrogen-bond donors (Lipinski definition) is 2. The van der Waals surface area contributed by atoms with E-state index in [1.165, 1.54) is 0 Å². The lowest BCUT2D eigenvalue weighted by atomic mass is 10.2. The molecule has 1 saturated heterocycles. The summed E-state index contributed by atoms with van der Waals surface area (Å²) in [5.74, 6) is 1.49. The highest BCUT2D eigenvalue weighted by Gasteiger charge is 2.17. The molecule has 21 heavy (non-hydrogen) atoms. The molecular formula is C15H23N3O3. The summed E-state index contributed by atoms with van der Waals surface area (Å²) < 4.78 is 16.5.